The van der Waals surface area contributed by atoms with Crippen molar-refractivity contribution in [3.05, 3.63) is 58.1 Å². The number of phenols is 1. The van der Waals surface area contributed by atoms with Gasteiger partial charge in [0.25, 0.3) is 0 Å². The van der Waals surface area contributed by atoms with Crippen LogP contribution >= 0.6 is 11.6 Å². The van der Waals surface area contributed by atoms with Crippen LogP contribution in [-0.2, 0) is 33.3 Å². The lowest BCUT2D eigenvalue weighted by Gasteiger charge is -2.41. The van der Waals surface area contributed by atoms with Crippen molar-refractivity contribution in [1.29, 1.82) is 0 Å². The van der Waals surface area contributed by atoms with Gasteiger partial charge >= 0.3 is 12.2 Å². The third-order valence-corrected chi connectivity index (χ3v) is 10.7. The summed E-state index contributed by atoms with van der Waals surface area (Å²) in [4.78, 5) is 48.5. The lowest BCUT2D eigenvalue weighted by Crippen LogP contribution is -2.52. The van der Waals surface area contributed by atoms with Gasteiger partial charge in [-0.2, -0.15) is 13.2 Å². The molecule has 266 valence electrons. The number of carbonyl (C=O) groups is 3. The zero-order valence-electron chi connectivity index (χ0n) is 27.4. The van der Waals surface area contributed by atoms with Crippen LogP contribution in [0.5, 0.6) is 5.75 Å². The molecule has 4 heterocycles. The fourth-order valence-electron chi connectivity index (χ4n) is 7.68. The Morgan fingerprint density at radius 1 is 0.939 bits per heavy atom. The van der Waals surface area contributed by atoms with Crippen molar-refractivity contribution in [1.82, 2.24) is 19.6 Å². The van der Waals surface area contributed by atoms with Gasteiger partial charge in [0, 0.05) is 70.0 Å². The highest BCUT2D eigenvalue weighted by Crippen LogP contribution is 2.41. The molecule has 0 saturated carbocycles. The number of alkyl halides is 3. The van der Waals surface area contributed by atoms with E-state index >= 15 is 0 Å². The van der Waals surface area contributed by atoms with Crippen molar-refractivity contribution in [3.8, 4) is 5.75 Å². The number of halogens is 4. The number of anilines is 1. The predicted octanol–water partition coefficient (Wildman–Crippen LogP) is 5.02. The molecule has 10 nitrogen and oxygen atoms in total. The molecular weight excluding hydrogens is 663 g/mol. The molecule has 2 aromatic carbocycles. The molecule has 4 aliphatic heterocycles. The summed E-state index contributed by atoms with van der Waals surface area (Å²) in [5, 5.41) is 12.6. The number of nitrogens with one attached hydrogen (secondary N) is 1. The molecule has 4 aliphatic rings. The number of carbonyl (C=O) groups excluding carboxylic acids is 3. The van der Waals surface area contributed by atoms with E-state index in [-0.39, 0.29) is 42.3 Å². The molecule has 3 fully saturated rings. The minimum atomic E-state index is -4.85. The Morgan fingerprint density at radius 2 is 1.59 bits per heavy atom. The highest BCUT2D eigenvalue weighted by Gasteiger charge is 2.38. The predicted molar refractivity (Wildman–Crippen MR) is 177 cm³/mol. The third kappa shape index (κ3) is 8.26. The Hall–Kier alpha value is -3.55. The normalized spacial score (nSPS) is 20.8. The number of aromatic hydroxyl groups is 1. The lowest BCUT2D eigenvalue weighted by atomic mass is 9.91. The number of rotatable bonds is 7. The highest BCUT2D eigenvalue weighted by atomic mass is 35.5. The van der Waals surface area contributed by atoms with Crippen molar-refractivity contribution in [3.63, 3.8) is 0 Å². The maximum absolute atomic E-state index is 14.0. The number of amides is 4. The quantitative estimate of drug-likeness (QED) is 0.420. The second kappa shape index (κ2) is 15.1. The minimum Gasteiger partial charge on any atom is -0.506 e. The van der Waals surface area contributed by atoms with E-state index in [9.17, 15) is 32.7 Å². The number of likely N-dealkylation sites (tertiary alicyclic amines) is 2. The summed E-state index contributed by atoms with van der Waals surface area (Å²) in [6.45, 7) is 5.37. The van der Waals surface area contributed by atoms with E-state index in [0.717, 1.165) is 49.7 Å². The van der Waals surface area contributed by atoms with Crippen LogP contribution in [0, 0.1) is 5.92 Å². The van der Waals surface area contributed by atoms with Crippen molar-refractivity contribution in [2.24, 2.45) is 5.92 Å². The second-order valence-electron chi connectivity index (χ2n) is 13.4. The van der Waals surface area contributed by atoms with Gasteiger partial charge in [-0.25, -0.2) is 4.79 Å². The smallest absolute Gasteiger partial charge is 0.420 e. The molecule has 0 spiro atoms. The standard InChI is InChI=1S/C35H43ClF3N5O5/c36-29-21-23(20-28(32(29)46)35(37,38)39)19-25(33(47)43-12-6-26(7-13-43)41-15-17-49-18-16-41)22-31(45)42-10-8-27(9-11-42)44-14-5-24-3-1-2-4-30(24)40-34(44)48/h1-4,20-21,25-27,46H,5-19,22H2,(H,40,48)/t25-/m0/s1. The Balaban J connectivity index is 1.12. The number of hydrogen-bond acceptors (Lipinski definition) is 6. The Morgan fingerprint density at radius 3 is 2.29 bits per heavy atom. The van der Waals surface area contributed by atoms with E-state index in [4.69, 9.17) is 16.3 Å². The molecule has 2 aromatic rings. The SMILES string of the molecule is O=C(C[C@H](Cc1cc(Cl)c(O)c(C(F)(F)F)c1)C(=O)N1CCC(N2CCOCC2)CC1)N1CCC(N2CCc3ccccc3NC2=O)CC1. The van der Waals surface area contributed by atoms with E-state index < -0.39 is 28.4 Å². The van der Waals surface area contributed by atoms with E-state index in [1.807, 2.05) is 29.2 Å². The molecule has 0 radical (unpaired) electrons. The zero-order chi connectivity index (χ0) is 34.7. The summed E-state index contributed by atoms with van der Waals surface area (Å²) < 4.78 is 46.6. The van der Waals surface area contributed by atoms with Crippen LogP contribution < -0.4 is 5.32 Å². The summed E-state index contributed by atoms with van der Waals surface area (Å²) in [6.07, 6.45) is -1.76. The van der Waals surface area contributed by atoms with Crippen molar-refractivity contribution < 1.29 is 37.4 Å². The number of morpholine rings is 1. The number of para-hydroxylation sites is 1. The minimum absolute atomic E-state index is 0.0523. The summed E-state index contributed by atoms with van der Waals surface area (Å²) >= 11 is 6.01. The number of piperidine rings is 2. The lowest BCUT2D eigenvalue weighted by molar-refractivity contribution is -0.143. The van der Waals surface area contributed by atoms with E-state index in [0.29, 0.717) is 64.8 Å². The van der Waals surface area contributed by atoms with E-state index in [1.165, 1.54) is 6.07 Å². The number of ether oxygens (including phenoxy) is 1. The third-order valence-electron chi connectivity index (χ3n) is 10.4. The zero-order valence-corrected chi connectivity index (χ0v) is 28.1. The van der Waals surface area contributed by atoms with Crippen LogP contribution in [0.25, 0.3) is 0 Å². The fraction of sp³-hybridized carbons (Fsp3) is 0.571. The first kappa shape index (κ1) is 35.3. The van der Waals surface area contributed by atoms with E-state index in [1.54, 1.807) is 9.80 Å². The fourth-order valence-corrected chi connectivity index (χ4v) is 7.92. The van der Waals surface area contributed by atoms with Crippen molar-refractivity contribution >= 4 is 35.1 Å². The summed E-state index contributed by atoms with van der Waals surface area (Å²) in [5.74, 6) is -2.51. The molecule has 0 bridgehead atoms. The average Bonchev–Trinajstić information content (AvgIpc) is 3.27. The van der Waals surface area contributed by atoms with Gasteiger partial charge in [-0.3, -0.25) is 14.5 Å². The number of hydrogen-bond donors (Lipinski definition) is 2. The number of fused-ring (bicyclic) bond motifs is 1. The Bertz CT molecular complexity index is 1520. The highest BCUT2D eigenvalue weighted by molar-refractivity contribution is 6.32. The van der Waals surface area contributed by atoms with Crippen LogP contribution in [0.15, 0.2) is 36.4 Å². The van der Waals surface area contributed by atoms with Gasteiger partial charge in [-0.1, -0.05) is 29.8 Å². The molecule has 49 heavy (non-hydrogen) atoms. The molecular formula is C35H43ClF3N5O5. The van der Waals surface area contributed by atoms with Crippen LogP contribution in [0.4, 0.5) is 23.7 Å². The molecule has 0 aromatic heterocycles. The number of urea groups is 1. The molecule has 3 saturated heterocycles. The summed E-state index contributed by atoms with van der Waals surface area (Å²) in [7, 11) is 0. The monoisotopic (exact) mass is 705 g/mol. The average molecular weight is 706 g/mol. The van der Waals surface area contributed by atoms with Gasteiger partial charge in [0.1, 0.15) is 5.75 Å². The number of nitrogens with zero attached hydrogens (tertiary/aromatic N) is 4. The van der Waals surface area contributed by atoms with Gasteiger partial charge in [0.05, 0.1) is 29.7 Å². The number of phenolic OH excluding ortho intramolecular Hbond substituents is 1. The van der Waals surface area contributed by atoms with Gasteiger partial charge < -0.3 is 29.9 Å². The van der Waals surface area contributed by atoms with Gasteiger partial charge in [-0.15, -0.1) is 0 Å². The molecule has 2 N–H and O–H groups in total. The van der Waals surface area contributed by atoms with Gasteiger partial charge in [-0.05, 0) is 67.9 Å². The molecule has 6 rings (SSSR count). The van der Waals surface area contributed by atoms with Gasteiger partial charge in [0.15, 0.2) is 0 Å². The van der Waals surface area contributed by atoms with Crippen LogP contribution in [0.1, 0.15) is 48.8 Å². The Kier molecular flexibility index (Phi) is 10.9. The summed E-state index contributed by atoms with van der Waals surface area (Å²) in [6, 6.07) is 9.87. The van der Waals surface area contributed by atoms with E-state index in [2.05, 4.69) is 10.2 Å². The molecule has 0 unspecified atom stereocenters. The number of benzene rings is 2. The molecule has 14 heteroatoms. The first-order valence-electron chi connectivity index (χ1n) is 17.1. The van der Waals surface area contributed by atoms with Crippen LogP contribution in [0.3, 0.4) is 0 Å². The summed E-state index contributed by atoms with van der Waals surface area (Å²) in [5.41, 5.74) is 0.725. The van der Waals surface area contributed by atoms with Gasteiger partial charge in [0.2, 0.25) is 11.8 Å². The largest absolute Gasteiger partial charge is 0.506 e. The van der Waals surface area contributed by atoms with Crippen LogP contribution in [0.2, 0.25) is 5.02 Å². The maximum atomic E-state index is 14.0. The first-order valence-corrected chi connectivity index (χ1v) is 17.5. The maximum Gasteiger partial charge on any atom is 0.420 e. The van der Waals surface area contributed by atoms with Crippen molar-refractivity contribution in [2.75, 3.05) is 64.3 Å². The molecule has 1 atom stereocenters. The topological polar surface area (TPSA) is 106 Å². The van der Waals surface area contributed by atoms with Crippen molar-refractivity contribution in [2.45, 2.75) is 63.2 Å². The molecule has 4 amide bonds. The second-order valence-corrected chi connectivity index (χ2v) is 13.8. The van der Waals surface area contributed by atoms with Crippen LogP contribution in [-0.4, -0.2) is 114 Å². The Labute approximate surface area is 289 Å². The first-order chi connectivity index (χ1) is 23.5. The molecule has 0 aliphatic carbocycles.